The van der Waals surface area contributed by atoms with Gasteiger partial charge in [-0.25, -0.2) is 4.98 Å². The summed E-state index contributed by atoms with van der Waals surface area (Å²) in [6, 6.07) is 9.75. The number of guanidine groups is 1. The van der Waals surface area contributed by atoms with Crippen molar-refractivity contribution in [2.75, 3.05) is 40.0 Å². The molecule has 0 amide bonds. The van der Waals surface area contributed by atoms with Gasteiger partial charge in [-0.1, -0.05) is 23.7 Å². The van der Waals surface area contributed by atoms with Gasteiger partial charge in [-0.05, 0) is 31.0 Å². The molecule has 2 aromatic rings. The van der Waals surface area contributed by atoms with Crippen molar-refractivity contribution >= 4 is 17.6 Å². The van der Waals surface area contributed by atoms with Crippen molar-refractivity contribution in [3.63, 3.8) is 0 Å². The Morgan fingerprint density at radius 3 is 2.90 bits per heavy atom. The average molecular weight is 433 g/mol. The molecule has 0 saturated carbocycles. The van der Waals surface area contributed by atoms with E-state index in [-0.39, 0.29) is 0 Å². The van der Waals surface area contributed by atoms with Crippen LogP contribution in [0.4, 0.5) is 0 Å². The summed E-state index contributed by atoms with van der Waals surface area (Å²) in [5.41, 5.74) is 2.26. The van der Waals surface area contributed by atoms with E-state index in [9.17, 15) is 0 Å². The maximum absolute atomic E-state index is 6.11. The highest BCUT2D eigenvalue weighted by atomic mass is 35.5. The van der Waals surface area contributed by atoms with Gasteiger partial charge in [0.2, 0.25) is 5.88 Å². The lowest BCUT2D eigenvalue weighted by molar-refractivity contribution is 0.166. The zero-order valence-corrected chi connectivity index (χ0v) is 18.2. The number of benzene rings is 1. The van der Waals surface area contributed by atoms with Crippen LogP contribution in [-0.2, 0) is 11.3 Å². The highest BCUT2D eigenvalue weighted by molar-refractivity contribution is 6.30. The predicted octanol–water partition coefficient (Wildman–Crippen LogP) is 3.20. The van der Waals surface area contributed by atoms with E-state index in [1.807, 2.05) is 0 Å². The Kier molecular flexibility index (Phi) is 8.59. The van der Waals surface area contributed by atoms with E-state index < -0.39 is 0 Å². The molecule has 0 aliphatic carbocycles. The summed E-state index contributed by atoms with van der Waals surface area (Å²) in [6.07, 6.45) is 2.62. The number of rotatable bonds is 9. The fourth-order valence-corrected chi connectivity index (χ4v) is 3.15. The van der Waals surface area contributed by atoms with Crippen LogP contribution in [0.3, 0.4) is 0 Å². The molecular weight excluding hydrogens is 404 g/mol. The van der Waals surface area contributed by atoms with Crippen LogP contribution in [-0.4, -0.2) is 51.0 Å². The highest BCUT2D eigenvalue weighted by Crippen LogP contribution is 2.22. The minimum Gasteiger partial charge on any atom is -0.493 e. The largest absolute Gasteiger partial charge is 0.493 e. The monoisotopic (exact) mass is 432 g/mol. The summed E-state index contributed by atoms with van der Waals surface area (Å²) in [4.78, 5) is 8.37. The Morgan fingerprint density at radius 1 is 1.27 bits per heavy atom. The first-order chi connectivity index (χ1) is 14.6. The second kappa shape index (κ2) is 11.6. The molecule has 1 atom stereocenters. The Bertz CT molecular complexity index is 824. The number of aryl methyl sites for hydroxylation is 1. The molecule has 1 aromatic heterocycles. The molecule has 2 heterocycles. The number of ether oxygens (including phenoxy) is 3. The smallest absolute Gasteiger partial charge is 0.213 e. The summed E-state index contributed by atoms with van der Waals surface area (Å²) in [5.74, 6) is 2.61. The maximum atomic E-state index is 6.11. The number of aliphatic imine (C=N–C) groups is 1. The van der Waals surface area contributed by atoms with Gasteiger partial charge >= 0.3 is 0 Å². The molecule has 1 aromatic carbocycles. The van der Waals surface area contributed by atoms with Crippen LogP contribution < -0.4 is 20.1 Å². The Hall–Kier alpha value is -2.51. The molecule has 2 N–H and O–H groups in total. The van der Waals surface area contributed by atoms with Crippen molar-refractivity contribution in [1.29, 1.82) is 0 Å². The van der Waals surface area contributed by atoms with E-state index >= 15 is 0 Å². The number of aromatic nitrogens is 1. The first kappa shape index (κ1) is 22.2. The quantitative estimate of drug-likeness (QED) is 0.360. The predicted molar refractivity (Wildman–Crippen MR) is 119 cm³/mol. The first-order valence-corrected chi connectivity index (χ1v) is 10.5. The van der Waals surface area contributed by atoms with E-state index in [0.717, 1.165) is 30.9 Å². The molecular formula is C22H29ClN4O3. The van der Waals surface area contributed by atoms with Crippen molar-refractivity contribution in [3.8, 4) is 11.6 Å². The second-order valence-electron chi connectivity index (χ2n) is 7.17. The van der Waals surface area contributed by atoms with E-state index in [1.54, 1.807) is 25.4 Å². The molecule has 1 aliphatic heterocycles. The zero-order valence-electron chi connectivity index (χ0n) is 17.5. The minimum absolute atomic E-state index is 0.456. The van der Waals surface area contributed by atoms with E-state index in [4.69, 9.17) is 25.8 Å². The molecule has 7 nitrogen and oxygen atoms in total. The number of hydrogen-bond donors (Lipinski definition) is 2. The van der Waals surface area contributed by atoms with Gasteiger partial charge in [0.1, 0.15) is 12.4 Å². The molecule has 0 spiro atoms. The fourth-order valence-electron chi connectivity index (χ4n) is 3.04. The van der Waals surface area contributed by atoms with Crippen LogP contribution in [0.5, 0.6) is 11.6 Å². The van der Waals surface area contributed by atoms with E-state index in [0.29, 0.717) is 49.1 Å². The van der Waals surface area contributed by atoms with Crippen molar-refractivity contribution in [3.05, 3.63) is 52.7 Å². The van der Waals surface area contributed by atoms with Crippen molar-refractivity contribution in [1.82, 2.24) is 15.6 Å². The lowest BCUT2D eigenvalue weighted by atomic mass is 10.1. The standard InChI is InChI=1S/C22H29ClN4O3/c1-16-3-4-18(20(11-16)30-15-17-7-9-28-14-17)12-27-22(24-2)25-8-10-29-21-6-5-19(23)13-26-21/h3-6,11,13,17H,7-10,12,14-15H2,1-2H3,(H2,24,25,27). The molecule has 1 saturated heterocycles. The fraction of sp³-hybridized carbons (Fsp3) is 0.455. The molecule has 162 valence electrons. The first-order valence-electron chi connectivity index (χ1n) is 10.1. The topological polar surface area (TPSA) is 77.0 Å². The Balaban J connectivity index is 1.44. The van der Waals surface area contributed by atoms with Gasteiger partial charge in [-0.15, -0.1) is 0 Å². The summed E-state index contributed by atoms with van der Waals surface area (Å²) in [7, 11) is 1.74. The summed E-state index contributed by atoms with van der Waals surface area (Å²) in [5, 5.41) is 7.14. The van der Waals surface area contributed by atoms with Crippen molar-refractivity contribution < 1.29 is 14.2 Å². The number of halogens is 1. The van der Waals surface area contributed by atoms with Crippen LogP contribution in [0.15, 0.2) is 41.5 Å². The van der Waals surface area contributed by atoms with Crippen LogP contribution in [0.1, 0.15) is 17.5 Å². The molecule has 1 fully saturated rings. The number of pyridine rings is 1. The minimum atomic E-state index is 0.456. The van der Waals surface area contributed by atoms with Gasteiger partial charge in [0.15, 0.2) is 5.96 Å². The summed E-state index contributed by atoms with van der Waals surface area (Å²) < 4.78 is 17.1. The summed E-state index contributed by atoms with van der Waals surface area (Å²) >= 11 is 5.82. The molecule has 1 aliphatic rings. The Labute approximate surface area is 182 Å². The average Bonchev–Trinajstić information content (AvgIpc) is 3.27. The molecule has 30 heavy (non-hydrogen) atoms. The molecule has 1 unspecified atom stereocenters. The third-order valence-corrected chi connectivity index (χ3v) is 4.96. The van der Waals surface area contributed by atoms with Crippen LogP contribution in [0.2, 0.25) is 5.02 Å². The van der Waals surface area contributed by atoms with Gasteiger partial charge < -0.3 is 24.8 Å². The van der Waals surface area contributed by atoms with Crippen LogP contribution in [0.25, 0.3) is 0 Å². The van der Waals surface area contributed by atoms with Gasteiger partial charge in [-0.3, -0.25) is 4.99 Å². The van der Waals surface area contributed by atoms with Crippen molar-refractivity contribution in [2.24, 2.45) is 10.9 Å². The zero-order chi connectivity index (χ0) is 21.2. The summed E-state index contributed by atoms with van der Waals surface area (Å²) in [6.45, 7) is 6.01. The van der Waals surface area contributed by atoms with Gasteiger partial charge in [0.05, 0.1) is 24.8 Å². The van der Waals surface area contributed by atoms with Crippen molar-refractivity contribution in [2.45, 2.75) is 19.9 Å². The van der Waals surface area contributed by atoms with Gasteiger partial charge in [0, 0.05) is 43.9 Å². The van der Waals surface area contributed by atoms with Crippen LogP contribution in [0, 0.1) is 12.8 Å². The van der Waals surface area contributed by atoms with E-state index in [1.165, 1.54) is 5.56 Å². The third kappa shape index (κ3) is 7.07. The second-order valence-corrected chi connectivity index (χ2v) is 7.60. The molecule has 0 bridgehead atoms. The number of hydrogen-bond acceptors (Lipinski definition) is 5. The SMILES string of the molecule is CN=C(NCCOc1ccc(Cl)cn1)NCc1ccc(C)cc1OCC1CCOC1. The normalized spacial score (nSPS) is 16.4. The van der Waals surface area contributed by atoms with Gasteiger partial charge in [0.25, 0.3) is 0 Å². The number of nitrogens with one attached hydrogen (secondary N) is 2. The van der Waals surface area contributed by atoms with Gasteiger partial charge in [-0.2, -0.15) is 0 Å². The lowest BCUT2D eigenvalue weighted by Gasteiger charge is -2.17. The maximum Gasteiger partial charge on any atom is 0.213 e. The lowest BCUT2D eigenvalue weighted by Crippen LogP contribution is -2.39. The third-order valence-electron chi connectivity index (χ3n) is 4.74. The molecule has 3 rings (SSSR count). The Morgan fingerprint density at radius 2 is 2.17 bits per heavy atom. The highest BCUT2D eigenvalue weighted by Gasteiger charge is 2.17. The van der Waals surface area contributed by atoms with Crippen LogP contribution >= 0.6 is 11.6 Å². The van der Waals surface area contributed by atoms with E-state index in [2.05, 4.69) is 45.7 Å². The number of nitrogens with zero attached hydrogens (tertiary/aromatic N) is 2. The molecule has 0 radical (unpaired) electrons. The molecule has 8 heteroatoms.